The molecule has 6 heteroatoms. The number of para-hydroxylation sites is 2. The molecule has 0 bridgehead atoms. The Labute approximate surface area is 123 Å². The molecule has 0 radical (unpaired) electrons. The molecule has 0 aliphatic heterocycles. The number of rotatable bonds is 4. The Balaban J connectivity index is 2.32. The predicted molar refractivity (Wildman–Crippen MR) is 80.8 cm³/mol. The fourth-order valence-corrected chi connectivity index (χ4v) is 2.74. The molecule has 0 aromatic heterocycles. The molecule has 2 aromatic rings. The second kappa shape index (κ2) is 6.48. The van der Waals surface area contributed by atoms with E-state index in [1.807, 2.05) is 36.4 Å². The lowest BCUT2D eigenvalue weighted by atomic mass is 10.3. The summed E-state index contributed by atoms with van der Waals surface area (Å²) in [6.07, 6.45) is 0. The van der Waals surface area contributed by atoms with Crippen LogP contribution in [-0.4, -0.2) is 0 Å². The first-order chi connectivity index (χ1) is 8.74. The maximum atomic E-state index is 5.83. The van der Waals surface area contributed by atoms with Gasteiger partial charge in [0.05, 0.1) is 10.6 Å². The van der Waals surface area contributed by atoms with E-state index in [9.17, 15) is 0 Å². The minimum absolute atomic E-state index is 0.582. The lowest BCUT2D eigenvalue weighted by molar-refractivity contribution is 0.473. The van der Waals surface area contributed by atoms with E-state index in [0.717, 1.165) is 31.7 Å². The zero-order valence-corrected chi connectivity index (χ0v) is 12.2. The largest absolute Gasteiger partial charge is 0.454 e. The highest BCUT2D eigenvalue weighted by molar-refractivity contribution is 8.21. The van der Waals surface area contributed by atoms with Gasteiger partial charge in [0, 0.05) is 4.90 Å². The van der Waals surface area contributed by atoms with Crippen molar-refractivity contribution in [2.75, 3.05) is 5.73 Å². The standard InChI is InChI=1S/C12H9Cl2NOS2/c13-17-8-5-6-11(12(7-8)18-14)16-10-4-2-1-3-9(10)15/h1-7H,15H2. The van der Waals surface area contributed by atoms with E-state index in [0.29, 0.717) is 17.2 Å². The molecule has 0 saturated carbocycles. The second-order valence-electron chi connectivity index (χ2n) is 3.40. The number of anilines is 1. The summed E-state index contributed by atoms with van der Waals surface area (Å²) >= 11 is 0. The van der Waals surface area contributed by atoms with Crippen molar-refractivity contribution in [3.05, 3.63) is 42.5 Å². The van der Waals surface area contributed by atoms with Gasteiger partial charge in [0.2, 0.25) is 0 Å². The van der Waals surface area contributed by atoms with Crippen LogP contribution in [0.3, 0.4) is 0 Å². The fraction of sp³-hybridized carbons (Fsp3) is 0. The van der Waals surface area contributed by atoms with Gasteiger partial charge >= 0.3 is 0 Å². The van der Waals surface area contributed by atoms with Crippen LogP contribution >= 0.6 is 43.3 Å². The summed E-state index contributed by atoms with van der Waals surface area (Å²) in [6.45, 7) is 0. The van der Waals surface area contributed by atoms with Crippen LogP contribution in [0.1, 0.15) is 0 Å². The number of nitrogens with two attached hydrogens (primary N) is 1. The first kappa shape index (κ1) is 13.7. The summed E-state index contributed by atoms with van der Waals surface area (Å²) in [4.78, 5) is 1.71. The zero-order valence-electron chi connectivity index (χ0n) is 9.10. The quantitative estimate of drug-likeness (QED) is 0.749. The van der Waals surface area contributed by atoms with Crippen LogP contribution < -0.4 is 10.5 Å². The van der Waals surface area contributed by atoms with E-state index >= 15 is 0 Å². The predicted octanol–water partition coefficient (Wildman–Crippen LogP) is 5.55. The van der Waals surface area contributed by atoms with Crippen molar-refractivity contribution < 1.29 is 4.74 Å². The summed E-state index contributed by atoms with van der Waals surface area (Å²) < 4.78 is 5.75. The molecule has 0 aliphatic rings. The smallest absolute Gasteiger partial charge is 0.150 e. The van der Waals surface area contributed by atoms with Gasteiger partial charge in [0.1, 0.15) is 11.5 Å². The van der Waals surface area contributed by atoms with Crippen LogP contribution in [0.4, 0.5) is 5.69 Å². The Morgan fingerprint density at radius 2 is 1.72 bits per heavy atom. The number of hydrogen-bond donors (Lipinski definition) is 1. The van der Waals surface area contributed by atoms with E-state index in [1.165, 1.54) is 0 Å². The van der Waals surface area contributed by atoms with Crippen molar-refractivity contribution in [2.45, 2.75) is 9.79 Å². The third kappa shape index (κ3) is 3.20. The average Bonchev–Trinajstić information content (AvgIpc) is 2.41. The molecule has 0 heterocycles. The van der Waals surface area contributed by atoms with Crippen molar-refractivity contribution >= 4 is 49.0 Å². The highest BCUT2D eigenvalue weighted by Gasteiger charge is 2.08. The average molecular weight is 318 g/mol. The fourth-order valence-electron chi connectivity index (χ4n) is 1.37. The molecule has 2 nitrogen and oxygen atoms in total. The van der Waals surface area contributed by atoms with Gasteiger partial charge in [-0.05, 0) is 73.6 Å². The number of hydrogen-bond acceptors (Lipinski definition) is 4. The minimum atomic E-state index is 0.582. The van der Waals surface area contributed by atoms with Crippen molar-refractivity contribution in [1.29, 1.82) is 0 Å². The second-order valence-corrected chi connectivity index (χ2v) is 5.55. The Morgan fingerprint density at radius 3 is 2.39 bits per heavy atom. The van der Waals surface area contributed by atoms with Gasteiger partial charge in [0.25, 0.3) is 0 Å². The van der Waals surface area contributed by atoms with Crippen LogP contribution in [0.25, 0.3) is 0 Å². The van der Waals surface area contributed by atoms with Gasteiger partial charge in [0.15, 0.2) is 0 Å². The van der Waals surface area contributed by atoms with Crippen molar-refractivity contribution in [3.8, 4) is 11.5 Å². The summed E-state index contributed by atoms with van der Waals surface area (Å²) in [5, 5.41) is 0. The summed E-state index contributed by atoms with van der Waals surface area (Å²) in [5.41, 5.74) is 6.41. The van der Waals surface area contributed by atoms with Gasteiger partial charge in [-0.1, -0.05) is 12.1 Å². The highest BCUT2D eigenvalue weighted by atomic mass is 35.7. The molecule has 2 aromatic carbocycles. The van der Waals surface area contributed by atoms with Gasteiger partial charge in [-0.25, -0.2) is 0 Å². The number of nitrogen functional groups attached to an aromatic ring is 1. The van der Waals surface area contributed by atoms with E-state index in [2.05, 4.69) is 0 Å². The molecule has 0 saturated heterocycles. The lowest BCUT2D eigenvalue weighted by Gasteiger charge is -2.11. The maximum absolute atomic E-state index is 5.83. The Bertz CT molecular complexity index is 551. The third-order valence-corrected chi connectivity index (χ3v) is 4.18. The summed E-state index contributed by atoms with van der Waals surface area (Å²) in [7, 11) is 13.7. The summed E-state index contributed by atoms with van der Waals surface area (Å²) in [5.74, 6) is 1.26. The number of benzene rings is 2. The first-order valence-electron chi connectivity index (χ1n) is 4.98. The Hall–Kier alpha value is -0.680. The van der Waals surface area contributed by atoms with Crippen LogP contribution in [-0.2, 0) is 0 Å². The minimum Gasteiger partial charge on any atom is -0.454 e. The molecule has 18 heavy (non-hydrogen) atoms. The Kier molecular flexibility index (Phi) is 4.95. The molecule has 0 spiro atoms. The van der Waals surface area contributed by atoms with Crippen LogP contribution in [0.2, 0.25) is 0 Å². The molecule has 0 fully saturated rings. The molecule has 0 amide bonds. The molecule has 0 atom stereocenters. The van der Waals surface area contributed by atoms with Crippen LogP contribution in [0.15, 0.2) is 52.3 Å². The molecule has 94 valence electrons. The molecule has 2 N–H and O–H groups in total. The van der Waals surface area contributed by atoms with E-state index in [-0.39, 0.29) is 0 Å². The van der Waals surface area contributed by atoms with E-state index in [1.54, 1.807) is 6.07 Å². The van der Waals surface area contributed by atoms with E-state index in [4.69, 9.17) is 31.8 Å². The summed E-state index contributed by atoms with van der Waals surface area (Å²) in [6, 6.07) is 12.9. The SMILES string of the molecule is Nc1ccccc1Oc1ccc(SCl)cc1SCl. The third-order valence-electron chi connectivity index (χ3n) is 2.23. The lowest BCUT2D eigenvalue weighted by Crippen LogP contribution is -1.92. The van der Waals surface area contributed by atoms with Crippen molar-refractivity contribution in [1.82, 2.24) is 0 Å². The van der Waals surface area contributed by atoms with E-state index < -0.39 is 0 Å². The number of ether oxygens (including phenoxy) is 1. The van der Waals surface area contributed by atoms with Gasteiger partial charge in [-0.3, -0.25) is 0 Å². The molecule has 2 rings (SSSR count). The molecule has 0 unspecified atom stereocenters. The highest BCUT2D eigenvalue weighted by Crippen LogP contribution is 2.39. The normalized spacial score (nSPS) is 10.3. The molecular weight excluding hydrogens is 309 g/mol. The van der Waals surface area contributed by atoms with Crippen LogP contribution in [0.5, 0.6) is 11.5 Å². The number of halogens is 2. The van der Waals surface area contributed by atoms with Crippen molar-refractivity contribution in [2.24, 2.45) is 0 Å². The van der Waals surface area contributed by atoms with Crippen LogP contribution in [0, 0.1) is 0 Å². The van der Waals surface area contributed by atoms with Crippen molar-refractivity contribution in [3.63, 3.8) is 0 Å². The van der Waals surface area contributed by atoms with Gasteiger partial charge < -0.3 is 10.5 Å². The topological polar surface area (TPSA) is 35.2 Å². The monoisotopic (exact) mass is 317 g/mol. The molecule has 0 aliphatic carbocycles. The van der Waals surface area contributed by atoms with Gasteiger partial charge in [-0.15, -0.1) is 0 Å². The zero-order chi connectivity index (χ0) is 13.0. The van der Waals surface area contributed by atoms with Gasteiger partial charge in [-0.2, -0.15) is 0 Å². The maximum Gasteiger partial charge on any atom is 0.150 e. The Morgan fingerprint density at radius 1 is 0.944 bits per heavy atom. The molecular formula is C12H9Cl2NOS2. The first-order valence-corrected chi connectivity index (χ1v) is 8.26.